The quantitative estimate of drug-likeness (QED) is 0.374. The van der Waals surface area contributed by atoms with Crippen molar-refractivity contribution in [1.29, 1.82) is 0 Å². The van der Waals surface area contributed by atoms with Crippen LogP contribution in [0.3, 0.4) is 0 Å². The highest BCUT2D eigenvalue weighted by Crippen LogP contribution is 2.34. The van der Waals surface area contributed by atoms with Crippen molar-refractivity contribution < 1.29 is 45.0 Å². The number of carbonyl (C=O) groups excluding carboxylic acids is 2. The molecule has 1 heterocycles. The fourth-order valence-electron chi connectivity index (χ4n) is 3.02. The van der Waals surface area contributed by atoms with Gasteiger partial charge in [0.2, 0.25) is 0 Å². The molecule has 0 radical (unpaired) electrons. The molecule has 12 nitrogen and oxygen atoms in total. The van der Waals surface area contributed by atoms with Gasteiger partial charge in [0.25, 0.3) is 20.2 Å². The van der Waals surface area contributed by atoms with E-state index < -0.39 is 64.5 Å². The normalized spacial score (nSPS) is 11.8. The second-order valence-electron chi connectivity index (χ2n) is 6.41. The molecular formula is C19H16N2O10S2. The maximum atomic E-state index is 12.7. The van der Waals surface area contributed by atoms with E-state index in [9.17, 15) is 35.5 Å². The number of ether oxygens (including phenoxy) is 2. The number of esters is 2. The minimum atomic E-state index is -4.98. The van der Waals surface area contributed by atoms with Gasteiger partial charge in [0.1, 0.15) is 16.2 Å². The molecule has 174 valence electrons. The molecule has 2 N–H and O–H groups in total. The Morgan fingerprint density at radius 2 is 1.48 bits per heavy atom. The summed E-state index contributed by atoms with van der Waals surface area (Å²) < 4.78 is 76.8. The second kappa shape index (κ2) is 8.74. The van der Waals surface area contributed by atoms with Crippen molar-refractivity contribution in [1.82, 2.24) is 9.78 Å². The molecule has 3 aromatic rings. The lowest BCUT2D eigenvalue weighted by molar-refractivity contribution is 0.0549. The van der Waals surface area contributed by atoms with E-state index >= 15 is 0 Å². The van der Waals surface area contributed by atoms with Crippen molar-refractivity contribution in [3.63, 3.8) is 0 Å². The van der Waals surface area contributed by atoms with Gasteiger partial charge >= 0.3 is 11.9 Å². The van der Waals surface area contributed by atoms with E-state index in [2.05, 4.69) is 5.10 Å². The molecule has 33 heavy (non-hydrogen) atoms. The van der Waals surface area contributed by atoms with Gasteiger partial charge in [-0.1, -0.05) is 18.2 Å². The summed E-state index contributed by atoms with van der Waals surface area (Å²) in [7, 11) is -7.78. The lowest BCUT2D eigenvalue weighted by atomic mass is 10.1. The standard InChI is InChI=1S/C19H16N2O10S2/c1-30-18(22)15-16(13-10-12(32(24,25)26)8-9-14(13)33(27,28)29)20-21(17(15)19(23)31-2)11-6-4-3-5-7-11/h3-10H,1-2H3,(H,24,25,26)(H,27,28,29). The van der Waals surface area contributed by atoms with Crippen LogP contribution in [0.1, 0.15) is 20.8 Å². The van der Waals surface area contributed by atoms with Crippen LogP contribution in [0.15, 0.2) is 58.3 Å². The van der Waals surface area contributed by atoms with Gasteiger partial charge in [-0.2, -0.15) is 21.9 Å². The van der Waals surface area contributed by atoms with Crippen LogP contribution in [0.25, 0.3) is 16.9 Å². The van der Waals surface area contributed by atoms with E-state index in [1.807, 2.05) is 0 Å². The summed E-state index contributed by atoms with van der Waals surface area (Å²) in [6.45, 7) is 0. The van der Waals surface area contributed by atoms with Gasteiger partial charge in [0, 0.05) is 5.56 Å². The number of hydrogen-bond acceptors (Lipinski definition) is 9. The van der Waals surface area contributed by atoms with Gasteiger partial charge in [-0.05, 0) is 30.3 Å². The van der Waals surface area contributed by atoms with Crippen molar-refractivity contribution in [2.24, 2.45) is 0 Å². The lowest BCUT2D eigenvalue weighted by Crippen LogP contribution is -2.15. The summed E-state index contributed by atoms with van der Waals surface area (Å²) in [6, 6.07) is 10.0. The fraction of sp³-hybridized carbons (Fsp3) is 0.105. The zero-order valence-electron chi connectivity index (χ0n) is 17.0. The van der Waals surface area contributed by atoms with E-state index in [0.29, 0.717) is 12.1 Å². The SMILES string of the molecule is COC(=O)c1c(-c2cc(S(=O)(=O)O)ccc2S(=O)(=O)O)nn(-c2ccccc2)c1C(=O)OC. The third kappa shape index (κ3) is 4.63. The summed E-state index contributed by atoms with van der Waals surface area (Å²) in [5.41, 5.74) is -1.87. The molecule has 1 aromatic heterocycles. The number of carbonyl (C=O) groups is 2. The van der Waals surface area contributed by atoms with Crippen LogP contribution >= 0.6 is 0 Å². The van der Waals surface area contributed by atoms with E-state index in [1.165, 1.54) is 12.1 Å². The number of para-hydroxylation sites is 1. The Morgan fingerprint density at radius 3 is 2.00 bits per heavy atom. The minimum absolute atomic E-state index is 0.258. The molecule has 0 aliphatic carbocycles. The van der Waals surface area contributed by atoms with Crippen molar-refractivity contribution in [3.05, 3.63) is 59.8 Å². The molecule has 0 spiro atoms. The Morgan fingerprint density at radius 1 is 0.879 bits per heavy atom. The Bertz CT molecular complexity index is 1460. The average molecular weight is 496 g/mol. The highest BCUT2D eigenvalue weighted by atomic mass is 32.2. The van der Waals surface area contributed by atoms with Crippen molar-refractivity contribution in [3.8, 4) is 16.9 Å². The summed E-state index contributed by atoms with van der Waals surface area (Å²) in [5, 5.41) is 4.15. The maximum absolute atomic E-state index is 12.7. The molecule has 0 fully saturated rings. The molecule has 0 aliphatic rings. The van der Waals surface area contributed by atoms with Gasteiger partial charge in [0.15, 0.2) is 5.69 Å². The fourth-order valence-corrected chi connectivity index (χ4v) is 4.20. The zero-order chi connectivity index (χ0) is 24.6. The monoisotopic (exact) mass is 496 g/mol. The smallest absolute Gasteiger partial charge is 0.357 e. The number of benzene rings is 2. The predicted molar refractivity (Wildman–Crippen MR) is 111 cm³/mol. The van der Waals surface area contributed by atoms with E-state index in [4.69, 9.17) is 9.47 Å². The van der Waals surface area contributed by atoms with Crippen molar-refractivity contribution >= 4 is 32.2 Å². The molecule has 0 amide bonds. The molecule has 2 aromatic carbocycles. The highest BCUT2D eigenvalue weighted by Gasteiger charge is 2.34. The number of nitrogens with zero attached hydrogens (tertiary/aromatic N) is 2. The molecule has 0 atom stereocenters. The van der Waals surface area contributed by atoms with Gasteiger partial charge in [-0.25, -0.2) is 14.3 Å². The minimum Gasteiger partial charge on any atom is -0.465 e. The van der Waals surface area contributed by atoms with Crippen LogP contribution in [0, 0.1) is 0 Å². The maximum Gasteiger partial charge on any atom is 0.357 e. The Balaban J connectivity index is 2.54. The summed E-state index contributed by atoms with van der Waals surface area (Å²) >= 11 is 0. The Labute approximate surface area is 187 Å². The molecule has 0 saturated heterocycles. The average Bonchev–Trinajstić information content (AvgIpc) is 3.17. The van der Waals surface area contributed by atoms with Gasteiger partial charge in [-0.3, -0.25) is 9.11 Å². The third-order valence-corrected chi connectivity index (χ3v) is 6.20. The molecule has 0 unspecified atom stereocenters. The summed E-state index contributed by atoms with van der Waals surface area (Å²) in [4.78, 5) is 23.7. The molecule has 0 bridgehead atoms. The first-order chi connectivity index (χ1) is 15.4. The van der Waals surface area contributed by atoms with Crippen molar-refractivity contribution in [2.45, 2.75) is 9.79 Å². The molecule has 3 rings (SSSR count). The highest BCUT2D eigenvalue weighted by molar-refractivity contribution is 7.86. The van der Waals surface area contributed by atoms with Crippen LogP contribution in [0.5, 0.6) is 0 Å². The van der Waals surface area contributed by atoms with Crippen LogP contribution < -0.4 is 0 Å². The summed E-state index contributed by atoms with van der Waals surface area (Å²) in [6.07, 6.45) is 0. The number of rotatable bonds is 6. The zero-order valence-corrected chi connectivity index (χ0v) is 18.6. The van der Waals surface area contributed by atoms with E-state index in [1.54, 1.807) is 18.2 Å². The second-order valence-corrected chi connectivity index (χ2v) is 9.22. The van der Waals surface area contributed by atoms with E-state index in [-0.39, 0.29) is 5.69 Å². The molecule has 14 heteroatoms. The van der Waals surface area contributed by atoms with Gasteiger partial charge in [0.05, 0.1) is 24.8 Å². The number of hydrogen-bond donors (Lipinski definition) is 2. The number of aromatic nitrogens is 2. The van der Waals surface area contributed by atoms with Crippen LogP contribution in [-0.2, 0) is 29.7 Å². The third-order valence-electron chi connectivity index (χ3n) is 4.44. The van der Waals surface area contributed by atoms with Gasteiger partial charge < -0.3 is 9.47 Å². The van der Waals surface area contributed by atoms with Crippen LogP contribution in [-0.4, -0.2) is 61.9 Å². The first-order valence-corrected chi connectivity index (χ1v) is 11.7. The summed E-state index contributed by atoms with van der Waals surface area (Å²) in [5.74, 6) is -2.18. The van der Waals surface area contributed by atoms with Crippen molar-refractivity contribution in [2.75, 3.05) is 14.2 Å². The first kappa shape index (κ1) is 24.1. The van der Waals surface area contributed by atoms with E-state index in [0.717, 1.165) is 25.0 Å². The first-order valence-electron chi connectivity index (χ1n) is 8.84. The lowest BCUT2D eigenvalue weighted by Gasteiger charge is -2.09. The van der Waals surface area contributed by atoms with Gasteiger partial charge in [-0.15, -0.1) is 0 Å². The van der Waals surface area contributed by atoms with Crippen LogP contribution in [0.2, 0.25) is 0 Å². The largest absolute Gasteiger partial charge is 0.465 e. The molecular weight excluding hydrogens is 480 g/mol. The topological polar surface area (TPSA) is 179 Å². The van der Waals surface area contributed by atoms with Crippen LogP contribution in [0.4, 0.5) is 0 Å². The predicted octanol–water partition coefficient (Wildman–Crippen LogP) is 1.61. The molecule has 0 aliphatic heterocycles. The number of methoxy groups -OCH3 is 2. The molecule has 0 saturated carbocycles. The Hall–Kier alpha value is -3.59. The Kier molecular flexibility index (Phi) is 6.37.